The van der Waals surface area contributed by atoms with Gasteiger partial charge in [0.25, 0.3) is 0 Å². The smallest absolute Gasteiger partial charge is 0.404 e. The molecule has 4 N–H and O–H groups in total. The molecule has 0 radical (unpaired) electrons. The van der Waals surface area contributed by atoms with Gasteiger partial charge >= 0.3 is 6.09 Å². The van der Waals surface area contributed by atoms with E-state index in [0.29, 0.717) is 16.8 Å². The van der Waals surface area contributed by atoms with Gasteiger partial charge < -0.3 is 15.6 Å². The molecule has 0 bridgehead atoms. The van der Waals surface area contributed by atoms with Crippen LogP contribution in [0.25, 0.3) is 21.6 Å². The third-order valence-corrected chi connectivity index (χ3v) is 9.12. The van der Waals surface area contributed by atoms with Gasteiger partial charge in [0, 0.05) is 35.0 Å². The van der Waals surface area contributed by atoms with Crippen molar-refractivity contribution in [2.45, 2.75) is 75.5 Å². The van der Waals surface area contributed by atoms with E-state index in [1.165, 1.54) is 11.3 Å². The molecule has 37 heavy (non-hydrogen) atoms. The second kappa shape index (κ2) is 10.9. The number of thiazole rings is 1. The van der Waals surface area contributed by atoms with Crippen LogP contribution in [-0.2, 0) is 21.4 Å². The van der Waals surface area contributed by atoms with Gasteiger partial charge in [0.1, 0.15) is 6.10 Å². The fourth-order valence-electron chi connectivity index (χ4n) is 4.47. The molecule has 1 aliphatic rings. The summed E-state index contributed by atoms with van der Waals surface area (Å²) in [5.74, 6) is 0.217. The quantitative estimate of drug-likeness (QED) is 0.395. The lowest BCUT2D eigenvalue weighted by Gasteiger charge is -2.26. The van der Waals surface area contributed by atoms with Crippen molar-refractivity contribution in [3.8, 4) is 21.6 Å². The number of rotatable bonds is 7. The van der Waals surface area contributed by atoms with Crippen molar-refractivity contribution in [1.29, 1.82) is 0 Å². The highest BCUT2D eigenvalue weighted by Crippen LogP contribution is 2.40. The Morgan fingerprint density at radius 1 is 1.11 bits per heavy atom. The number of hydrogen-bond acceptors (Lipinski definition) is 8. The summed E-state index contributed by atoms with van der Waals surface area (Å²) in [5, 5.41) is 10.2. The van der Waals surface area contributed by atoms with Crippen molar-refractivity contribution in [1.82, 2.24) is 14.7 Å². The molecule has 4 rings (SSSR count). The monoisotopic (exact) mass is 544 g/mol. The normalized spacial score (nSPS) is 18.5. The van der Waals surface area contributed by atoms with Gasteiger partial charge in [-0.2, -0.15) is 0 Å². The van der Waals surface area contributed by atoms with Gasteiger partial charge in [-0.15, -0.1) is 11.3 Å². The molecule has 0 aliphatic heterocycles. The van der Waals surface area contributed by atoms with Crippen molar-refractivity contribution >= 4 is 27.5 Å². The Morgan fingerprint density at radius 2 is 1.81 bits per heavy atom. The molecule has 1 amide bonds. The molecule has 1 aliphatic carbocycles. The van der Waals surface area contributed by atoms with E-state index in [0.717, 1.165) is 41.1 Å². The van der Waals surface area contributed by atoms with Crippen LogP contribution in [0.4, 0.5) is 4.79 Å². The van der Waals surface area contributed by atoms with Crippen molar-refractivity contribution in [3.63, 3.8) is 0 Å². The van der Waals surface area contributed by atoms with Crippen LogP contribution in [0.15, 0.2) is 47.6 Å². The number of benzene rings is 1. The molecule has 3 aromatic rings. The van der Waals surface area contributed by atoms with Gasteiger partial charge in [-0.05, 0) is 64.2 Å². The molecule has 0 unspecified atom stereocenters. The molecule has 1 aromatic carbocycles. The Balaban J connectivity index is 1.68. The number of hydrogen-bond donors (Lipinski definition) is 3. The minimum absolute atomic E-state index is 0.165. The largest absolute Gasteiger partial charge is 0.446 e. The lowest BCUT2D eigenvalue weighted by Crippen LogP contribution is -2.40. The lowest BCUT2D eigenvalue weighted by molar-refractivity contribution is 0.0787. The number of primary amides is 1. The minimum atomic E-state index is -3.87. The zero-order valence-electron chi connectivity index (χ0n) is 21.1. The van der Waals surface area contributed by atoms with Gasteiger partial charge in [0.2, 0.25) is 10.0 Å². The Hall–Kier alpha value is -2.86. The van der Waals surface area contributed by atoms with E-state index in [9.17, 15) is 18.3 Å². The number of carbonyl (C=O) groups excluding carboxylic acids is 1. The number of nitrogens with one attached hydrogen (secondary N) is 1. The van der Waals surface area contributed by atoms with Gasteiger partial charge in [-0.3, -0.25) is 4.98 Å². The fourth-order valence-corrected chi connectivity index (χ4v) is 7.32. The maximum Gasteiger partial charge on any atom is 0.404 e. The Morgan fingerprint density at radius 3 is 2.41 bits per heavy atom. The van der Waals surface area contributed by atoms with Crippen LogP contribution < -0.4 is 10.5 Å². The van der Waals surface area contributed by atoms with Crippen molar-refractivity contribution in [3.05, 3.63) is 53.4 Å². The van der Waals surface area contributed by atoms with E-state index in [4.69, 9.17) is 10.5 Å². The molecule has 1 fully saturated rings. The van der Waals surface area contributed by atoms with Crippen LogP contribution >= 0.6 is 11.3 Å². The zero-order valence-corrected chi connectivity index (χ0v) is 22.7. The summed E-state index contributed by atoms with van der Waals surface area (Å²) < 4.78 is 35.0. The predicted molar refractivity (Wildman–Crippen MR) is 142 cm³/mol. The number of nitrogens with two attached hydrogens (primary N) is 1. The maximum absolute atomic E-state index is 13.5. The molecule has 198 valence electrons. The summed E-state index contributed by atoms with van der Waals surface area (Å²) in [7, 11) is -3.87. The van der Waals surface area contributed by atoms with Gasteiger partial charge in [-0.25, -0.2) is 22.9 Å². The number of sulfonamides is 1. The molecule has 0 atom stereocenters. The van der Waals surface area contributed by atoms with Crippen molar-refractivity contribution in [2.24, 2.45) is 5.73 Å². The molecular formula is C26H32N4O5S2. The van der Waals surface area contributed by atoms with Gasteiger partial charge in [0.05, 0.1) is 27.1 Å². The summed E-state index contributed by atoms with van der Waals surface area (Å²) in [4.78, 5) is 20.8. The highest BCUT2D eigenvalue weighted by Gasteiger charge is 2.29. The number of amides is 1. The third-order valence-electron chi connectivity index (χ3n) is 6.13. The fraction of sp³-hybridized carbons (Fsp3) is 0.423. The number of aliphatic hydroxyl groups is 1. The van der Waals surface area contributed by atoms with E-state index < -0.39 is 21.7 Å². The SMILES string of the molecule is CC(C)(C)NS(=O)(=O)c1cc(-c2ccc(CO)nc2)ccc1-c1cnc([C@H]2CC[C@H](OC(N)=O)CC2)s1. The first-order valence-corrected chi connectivity index (χ1v) is 14.4. The van der Waals surface area contributed by atoms with E-state index in [1.807, 2.05) is 12.1 Å². The summed E-state index contributed by atoms with van der Waals surface area (Å²) in [5.41, 5.74) is 7.04. The first-order chi connectivity index (χ1) is 17.4. The van der Waals surface area contributed by atoms with Gasteiger partial charge in [0.15, 0.2) is 0 Å². The first kappa shape index (κ1) is 27.2. The average molecular weight is 545 g/mol. The number of nitrogens with zero attached hydrogens (tertiary/aromatic N) is 2. The van der Waals surface area contributed by atoms with E-state index in [1.54, 1.807) is 51.4 Å². The Kier molecular flexibility index (Phi) is 7.98. The van der Waals surface area contributed by atoms with Crippen LogP contribution in [-0.4, -0.2) is 41.2 Å². The highest BCUT2D eigenvalue weighted by atomic mass is 32.2. The topological polar surface area (TPSA) is 144 Å². The van der Waals surface area contributed by atoms with E-state index in [-0.39, 0.29) is 23.5 Å². The Bertz CT molecular complexity index is 1360. The molecule has 0 spiro atoms. The zero-order chi connectivity index (χ0) is 26.8. The molecular weight excluding hydrogens is 512 g/mol. The van der Waals surface area contributed by atoms with Crippen molar-refractivity contribution < 1.29 is 23.1 Å². The second-order valence-electron chi connectivity index (χ2n) is 10.2. The second-order valence-corrected chi connectivity index (χ2v) is 12.9. The average Bonchev–Trinajstić information content (AvgIpc) is 3.32. The molecule has 2 aromatic heterocycles. The van der Waals surface area contributed by atoms with E-state index in [2.05, 4.69) is 14.7 Å². The minimum Gasteiger partial charge on any atom is -0.446 e. The summed E-state index contributed by atoms with van der Waals surface area (Å²) in [6.07, 6.45) is 5.51. The summed E-state index contributed by atoms with van der Waals surface area (Å²) >= 11 is 1.49. The molecule has 9 nitrogen and oxygen atoms in total. The maximum atomic E-state index is 13.5. The summed E-state index contributed by atoms with van der Waals surface area (Å²) in [6, 6.07) is 8.85. The van der Waals surface area contributed by atoms with Crippen LogP contribution in [0.3, 0.4) is 0 Å². The Labute approximate surface area is 221 Å². The highest BCUT2D eigenvalue weighted by molar-refractivity contribution is 7.89. The van der Waals surface area contributed by atoms with E-state index >= 15 is 0 Å². The molecule has 0 saturated heterocycles. The number of pyridine rings is 1. The number of aromatic nitrogens is 2. The predicted octanol–water partition coefficient (Wildman–Crippen LogP) is 4.56. The van der Waals surface area contributed by atoms with Crippen LogP contribution in [0.1, 0.15) is 63.1 Å². The third kappa shape index (κ3) is 6.72. The van der Waals surface area contributed by atoms with Crippen LogP contribution in [0, 0.1) is 0 Å². The number of carbonyl (C=O) groups is 1. The van der Waals surface area contributed by atoms with Crippen LogP contribution in [0.5, 0.6) is 0 Å². The summed E-state index contributed by atoms with van der Waals surface area (Å²) in [6.45, 7) is 5.24. The number of ether oxygens (including phenoxy) is 1. The molecule has 11 heteroatoms. The van der Waals surface area contributed by atoms with Crippen molar-refractivity contribution in [2.75, 3.05) is 0 Å². The standard InChI is InChI=1S/C26H32N4O5S2/c1-26(2,3)30-37(33,34)23-12-17(18-4-8-19(15-31)28-13-18)7-11-21(23)22-14-29-24(36-22)16-5-9-20(10-6-16)35-25(27)32/h4,7-8,11-14,16,20,30-31H,5-6,9-10,15H2,1-3H3,(H2,27,32)/t16-,20-. The van der Waals surface area contributed by atoms with Crippen LogP contribution in [0.2, 0.25) is 0 Å². The lowest BCUT2D eigenvalue weighted by atomic mass is 9.88. The molecule has 1 saturated carbocycles. The first-order valence-electron chi connectivity index (χ1n) is 12.1. The van der Waals surface area contributed by atoms with Gasteiger partial charge in [-0.1, -0.05) is 18.2 Å². The molecule has 2 heterocycles. The number of aliphatic hydroxyl groups excluding tert-OH is 1.